The summed E-state index contributed by atoms with van der Waals surface area (Å²) in [6.45, 7) is 3.43. The fraction of sp³-hybridized carbons (Fsp3) is 0.333. The Morgan fingerprint density at radius 3 is 2.41 bits per heavy atom. The lowest BCUT2D eigenvalue weighted by molar-refractivity contribution is -0.126. The van der Waals surface area contributed by atoms with Crippen molar-refractivity contribution in [1.29, 1.82) is 0 Å². The van der Waals surface area contributed by atoms with E-state index in [4.69, 9.17) is 4.74 Å². The third-order valence-electron chi connectivity index (χ3n) is 4.43. The van der Waals surface area contributed by atoms with Gasteiger partial charge >= 0.3 is 0 Å². The Balaban J connectivity index is 1.48. The molecule has 1 saturated heterocycles. The first-order valence-corrected chi connectivity index (χ1v) is 9.24. The van der Waals surface area contributed by atoms with Gasteiger partial charge in [-0.05, 0) is 24.1 Å². The van der Waals surface area contributed by atoms with E-state index >= 15 is 0 Å². The van der Waals surface area contributed by atoms with Crippen LogP contribution >= 0.6 is 0 Å². The number of para-hydroxylation sites is 2. The lowest BCUT2D eigenvalue weighted by Gasteiger charge is -2.30. The SMILES string of the molecule is O=C(CC(=O)Nc1ccccc1N1CCOCC1)NCCc1ccccc1. The number of benzene rings is 2. The Labute approximate surface area is 159 Å². The van der Waals surface area contributed by atoms with Crippen molar-refractivity contribution in [3.05, 3.63) is 60.2 Å². The van der Waals surface area contributed by atoms with Crippen LogP contribution in [0.4, 0.5) is 11.4 Å². The monoisotopic (exact) mass is 367 g/mol. The average Bonchev–Trinajstić information content (AvgIpc) is 2.70. The van der Waals surface area contributed by atoms with E-state index in [-0.39, 0.29) is 18.2 Å². The summed E-state index contributed by atoms with van der Waals surface area (Å²) in [5.74, 6) is -0.583. The molecular formula is C21H25N3O3. The molecule has 3 rings (SSSR count). The van der Waals surface area contributed by atoms with Crippen molar-refractivity contribution in [2.24, 2.45) is 0 Å². The van der Waals surface area contributed by atoms with E-state index in [0.717, 1.165) is 36.4 Å². The minimum Gasteiger partial charge on any atom is -0.378 e. The lowest BCUT2D eigenvalue weighted by Crippen LogP contribution is -2.37. The summed E-state index contributed by atoms with van der Waals surface area (Å²) in [6, 6.07) is 17.6. The van der Waals surface area contributed by atoms with Crippen molar-refractivity contribution in [2.45, 2.75) is 12.8 Å². The number of hydrogen-bond acceptors (Lipinski definition) is 4. The molecule has 0 saturated carbocycles. The Morgan fingerprint density at radius 1 is 0.926 bits per heavy atom. The molecular weight excluding hydrogens is 342 g/mol. The number of nitrogens with one attached hydrogen (secondary N) is 2. The zero-order chi connectivity index (χ0) is 18.9. The Bertz CT molecular complexity index is 758. The number of ether oxygens (including phenoxy) is 1. The summed E-state index contributed by atoms with van der Waals surface area (Å²) in [6.07, 6.45) is 0.556. The van der Waals surface area contributed by atoms with E-state index in [2.05, 4.69) is 15.5 Å². The van der Waals surface area contributed by atoms with E-state index in [1.165, 1.54) is 0 Å². The molecule has 2 N–H and O–H groups in total. The standard InChI is InChI=1S/C21H25N3O3/c25-20(22-11-10-17-6-2-1-3-7-17)16-21(26)23-18-8-4-5-9-19(18)24-12-14-27-15-13-24/h1-9H,10-16H2,(H,22,25)(H,23,26). The molecule has 142 valence electrons. The zero-order valence-corrected chi connectivity index (χ0v) is 15.3. The van der Waals surface area contributed by atoms with Gasteiger partial charge in [0.05, 0.1) is 24.6 Å². The van der Waals surface area contributed by atoms with Crippen LogP contribution in [0.3, 0.4) is 0 Å². The summed E-state index contributed by atoms with van der Waals surface area (Å²) in [5, 5.41) is 5.66. The fourth-order valence-corrected chi connectivity index (χ4v) is 3.05. The Hall–Kier alpha value is -2.86. The van der Waals surface area contributed by atoms with Gasteiger partial charge in [-0.2, -0.15) is 0 Å². The summed E-state index contributed by atoms with van der Waals surface area (Å²) < 4.78 is 5.38. The highest BCUT2D eigenvalue weighted by Crippen LogP contribution is 2.26. The summed E-state index contributed by atoms with van der Waals surface area (Å²) in [7, 11) is 0. The van der Waals surface area contributed by atoms with Crippen LogP contribution in [-0.2, 0) is 20.7 Å². The highest BCUT2D eigenvalue weighted by Gasteiger charge is 2.16. The van der Waals surface area contributed by atoms with E-state index in [1.54, 1.807) is 0 Å². The van der Waals surface area contributed by atoms with E-state index in [1.807, 2.05) is 54.6 Å². The number of nitrogens with zero attached hydrogens (tertiary/aromatic N) is 1. The molecule has 0 atom stereocenters. The first kappa shape index (κ1) is 18.9. The summed E-state index contributed by atoms with van der Waals surface area (Å²) >= 11 is 0. The van der Waals surface area contributed by atoms with Crippen LogP contribution in [0.1, 0.15) is 12.0 Å². The van der Waals surface area contributed by atoms with Crippen LogP contribution in [-0.4, -0.2) is 44.7 Å². The Kier molecular flexibility index (Phi) is 6.82. The van der Waals surface area contributed by atoms with Gasteiger partial charge in [0.2, 0.25) is 11.8 Å². The maximum Gasteiger partial charge on any atom is 0.233 e. The molecule has 1 fully saturated rings. The smallest absolute Gasteiger partial charge is 0.233 e. The van der Waals surface area contributed by atoms with Crippen molar-refractivity contribution in [2.75, 3.05) is 43.1 Å². The fourth-order valence-electron chi connectivity index (χ4n) is 3.05. The molecule has 6 heteroatoms. The van der Waals surface area contributed by atoms with E-state index in [0.29, 0.717) is 19.8 Å². The molecule has 0 radical (unpaired) electrons. The number of carbonyl (C=O) groups is 2. The third kappa shape index (κ3) is 5.82. The molecule has 0 aliphatic carbocycles. The predicted molar refractivity (Wildman–Crippen MR) is 106 cm³/mol. The van der Waals surface area contributed by atoms with Gasteiger partial charge in [0.15, 0.2) is 0 Å². The topological polar surface area (TPSA) is 70.7 Å². The van der Waals surface area contributed by atoms with Crippen molar-refractivity contribution in [3.8, 4) is 0 Å². The second-order valence-corrected chi connectivity index (χ2v) is 6.43. The van der Waals surface area contributed by atoms with Crippen LogP contribution in [0.25, 0.3) is 0 Å². The molecule has 0 bridgehead atoms. The molecule has 2 aromatic carbocycles. The van der Waals surface area contributed by atoms with Crippen molar-refractivity contribution >= 4 is 23.2 Å². The van der Waals surface area contributed by atoms with Crippen molar-refractivity contribution in [3.63, 3.8) is 0 Å². The maximum absolute atomic E-state index is 12.3. The number of amides is 2. The normalized spacial score (nSPS) is 13.9. The quantitative estimate of drug-likeness (QED) is 0.736. The number of hydrogen-bond donors (Lipinski definition) is 2. The third-order valence-corrected chi connectivity index (χ3v) is 4.43. The molecule has 2 amide bonds. The van der Waals surface area contributed by atoms with Gasteiger partial charge in [0.25, 0.3) is 0 Å². The van der Waals surface area contributed by atoms with E-state index < -0.39 is 0 Å². The maximum atomic E-state index is 12.3. The molecule has 0 aromatic heterocycles. The molecule has 2 aromatic rings. The first-order chi connectivity index (χ1) is 13.2. The lowest BCUT2D eigenvalue weighted by atomic mass is 10.1. The molecule has 27 heavy (non-hydrogen) atoms. The van der Waals surface area contributed by atoms with Crippen molar-refractivity contribution < 1.29 is 14.3 Å². The highest BCUT2D eigenvalue weighted by molar-refractivity contribution is 6.04. The molecule has 6 nitrogen and oxygen atoms in total. The van der Waals surface area contributed by atoms with Crippen molar-refractivity contribution in [1.82, 2.24) is 5.32 Å². The van der Waals surface area contributed by atoms with Gasteiger partial charge < -0.3 is 20.3 Å². The van der Waals surface area contributed by atoms with Gasteiger partial charge in [-0.1, -0.05) is 42.5 Å². The number of anilines is 2. The second kappa shape index (κ2) is 9.73. The predicted octanol–water partition coefficient (Wildman–Crippen LogP) is 2.21. The molecule has 1 heterocycles. The Morgan fingerprint density at radius 2 is 1.63 bits per heavy atom. The minimum atomic E-state index is -0.312. The zero-order valence-electron chi connectivity index (χ0n) is 15.3. The summed E-state index contributed by atoms with van der Waals surface area (Å²) in [5.41, 5.74) is 2.84. The van der Waals surface area contributed by atoms with Gasteiger partial charge in [-0.25, -0.2) is 0 Å². The minimum absolute atomic E-state index is 0.188. The largest absolute Gasteiger partial charge is 0.378 e. The molecule has 0 spiro atoms. The molecule has 0 unspecified atom stereocenters. The van der Waals surface area contributed by atoms with Crippen LogP contribution in [0.15, 0.2) is 54.6 Å². The van der Waals surface area contributed by atoms with Gasteiger partial charge in [0.1, 0.15) is 6.42 Å². The molecule has 1 aliphatic rings. The average molecular weight is 367 g/mol. The van der Waals surface area contributed by atoms with Crippen LogP contribution in [0.2, 0.25) is 0 Å². The first-order valence-electron chi connectivity index (χ1n) is 9.24. The van der Waals surface area contributed by atoms with Crippen LogP contribution in [0.5, 0.6) is 0 Å². The molecule has 1 aliphatic heterocycles. The number of carbonyl (C=O) groups excluding carboxylic acids is 2. The number of morpholine rings is 1. The second-order valence-electron chi connectivity index (χ2n) is 6.43. The summed E-state index contributed by atoms with van der Waals surface area (Å²) in [4.78, 5) is 26.5. The van der Waals surface area contributed by atoms with Crippen LogP contribution < -0.4 is 15.5 Å². The van der Waals surface area contributed by atoms with Gasteiger partial charge in [-0.15, -0.1) is 0 Å². The highest BCUT2D eigenvalue weighted by atomic mass is 16.5. The number of rotatable bonds is 7. The van der Waals surface area contributed by atoms with E-state index in [9.17, 15) is 9.59 Å². The van der Waals surface area contributed by atoms with Gasteiger partial charge in [0, 0.05) is 19.6 Å². The van der Waals surface area contributed by atoms with Gasteiger partial charge in [-0.3, -0.25) is 9.59 Å². The van der Waals surface area contributed by atoms with Crippen LogP contribution in [0, 0.1) is 0 Å².